The fraction of sp³-hybridized carbons (Fsp3) is 0.750. The van der Waals surface area contributed by atoms with Gasteiger partial charge in [-0.25, -0.2) is 14.4 Å². The van der Waals surface area contributed by atoms with Crippen molar-refractivity contribution in [1.29, 1.82) is 0 Å². The summed E-state index contributed by atoms with van der Waals surface area (Å²) in [5.41, 5.74) is 0.000153. The fourth-order valence-corrected chi connectivity index (χ4v) is 3.95. The monoisotopic (exact) mass is 414 g/mol. The van der Waals surface area contributed by atoms with E-state index in [0.29, 0.717) is 13.0 Å². The van der Waals surface area contributed by atoms with Gasteiger partial charge >= 0.3 is 18.2 Å². The lowest BCUT2D eigenvalue weighted by Gasteiger charge is -2.46. The number of aliphatic hydroxyl groups excluding tert-OH is 1. The molecule has 9 heteroatoms. The van der Waals surface area contributed by atoms with Gasteiger partial charge in [0.1, 0.15) is 19.8 Å². The second-order valence-electron chi connectivity index (χ2n) is 8.67. The van der Waals surface area contributed by atoms with E-state index in [1.54, 1.807) is 6.92 Å². The first-order chi connectivity index (χ1) is 13.5. The quantitative estimate of drug-likeness (QED) is 0.229. The van der Waals surface area contributed by atoms with E-state index < -0.39 is 18.2 Å². The van der Waals surface area contributed by atoms with Crippen LogP contribution in [0.2, 0.25) is 0 Å². The maximum absolute atomic E-state index is 12.1. The molecule has 0 aromatic heterocycles. The number of nitrogens with one attached hydrogen (secondary N) is 2. The van der Waals surface area contributed by atoms with Crippen molar-refractivity contribution in [2.24, 2.45) is 10.8 Å². The number of carbonyl (C=O) groups is 3. The number of ether oxygens (including phenoxy) is 3. The van der Waals surface area contributed by atoms with E-state index >= 15 is 0 Å². The van der Waals surface area contributed by atoms with E-state index in [-0.39, 0.29) is 48.9 Å². The molecule has 1 aliphatic carbocycles. The zero-order valence-corrected chi connectivity index (χ0v) is 17.8. The zero-order chi connectivity index (χ0) is 22.1. The number of amides is 2. The molecule has 1 saturated carbocycles. The van der Waals surface area contributed by atoms with Gasteiger partial charge in [-0.1, -0.05) is 27.4 Å². The molecule has 2 unspecified atom stereocenters. The molecule has 9 nitrogen and oxygen atoms in total. The minimum atomic E-state index is -0.572. The van der Waals surface area contributed by atoms with Crippen molar-refractivity contribution in [3.8, 4) is 0 Å². The molecule has 0 aromatic carbocycles. The average molecular weight is 414 g/mol. The molecule has 0 heterocycles. The molecular formula is C20H34N2O7. The Morgan fingerprint density at radius 2 is 1.66 bits per heavy atom. The van der Waals surface area contributed by atoms with Crippen LogP contribution in [0, 0.1) is 10.8 Å². The largest absolute Gasteiger partial charge is 0.459 e. The molecule has 2 atom stereocenters. The Balaban J connectivity index is 2.50. The van der Waals surface area contributed by atoms with Gasteiger partial charge in [0.2, 0.25) is 0 Å². The van der Waals surface area contributed by atoms with Crippen LogP contribution < -0.4 is 10.6 Å². The lowest BCUT2D eigenvalue weighted by Crippen LogP contribution is -2.50. The van der Waals surface area contributed by atoms with Crippen molar-refractivity contribution < 1.29 is 33.7 Å². The molecule has 1 aliphatic rings. The summed E-state index contributed by atoms with van der Waals surface area (Å²) < 4.78 is 14.8. The number of carbonyl (C=O) groups excluding carboxylic acids is 3. The third-order valence-electron chi connectivity index (χ3n) is 4.65. The second kappa shape index (κ2) is 11.0. The van der Waals surface area contributed by atoms with Crippen molar-refractivity contribution in [3.63, 3.8) is 0 Å². The van der Waals surface area contributed by atoms with Crippen LogP contribution in [0.4, 0.5) is 9.59 Å². The second-order valence-corrected chi connectivity index (χ2v) is 8.67. The first-order valence-electron chi connectivity index (χ1n) is 9.74. The number of alkyl carbamates (subject to hydrolysis) is 2. The Labute approximate surface area is 172 Å². The Morgan fingerprint density at radius 1 is 1.03 bits per heavy atom. The molecule has 0 saturated heterocycles. The van der Waals surface area contributed by atoms with Crippen molar-refractivity contribution in [2.45, 2.75) is 53.0 Å². The van der Waals surface area contributed by atoms with Gasteiger partial charge in [-0.05, 0) is 37.0 Å². The van der Waals surface area contributed by atoms with Gasteiger partial charge in [0.15, 0.2) is 0 Å². The standard InChI is InChI=1S/C20H34N2O7/c1-14(2)16(24)27-8-9-29-18(26)22-15-10-19(3,4)12-20(5,11-15)13-21-17(25)28-7-6-23/h15,23H,1,6-13H2,2-5H3,(H,21,25)(H,22,26). The summed E-state index contributed by atoms with van der Waals surface area (Å²) >= 11 is 0. The van der Waals surface area contributed by atoms with Gasteiger partial charge in [0.25, 0.3) is 0 Å². The van der Waals surface area contributed by atoms with Crippen LogP contribution in [0.1, 0.15) is 47.0 Å². The Morgan fingerprint density at radius 3 is 2.28 bits per heavy atom. The summed E-state index contributed by atoms with van der Waals surface area (Å²) in [6, 6.07) is -0.121. The van der Waals surface area contributed by atoms with Gasteiger partial charge in [-0.2, -0.15) is 0 Å². The van der Waals surface area contributed by atoms with Gasteiger partial charge < -0.3 is 30.0 Å². The SMILES string of the molecule is C=C(C)C(=O)OCCOC(=O)NC1CC(C)(C)CC(C)(CNC(=O)OCCO)C1. The molecule has 1 fully saturated rings. The topological polar surface area (TPSA) is 123 Å². The highest BCUT2D eigenvalue weighted by atomic mass is 16.6. The minimum absolute atomic E-state index is 0.0349. The summed E-state index contributed by atoms with van der Waals surface area (Å²) in [7, 11) is 0. The van der Waals surface area contributed by atoms with E-state index in [2.05, 4.69) is 38.0 Å². The highest BCUT2D eigenvalue weighted by Gasteiger charge is 2.42. The predicted molar refractivity (Wildman–Crippen MR) is 106 cm³/mol. The maximum atomic E-state index is 12.1. The molecule has 0 aromatic rings. The summed E-state index contributed by atoms with van der Waals surface area (Å²) in [6.45, 7) is 11.3. The highest BCUT2D eigenvalue weighted by Crippen LogP contribution is 2.45. The number of rotatable bonds is 9. The van der Waals surface area contributed by atoms with Crippen LogP contribution in [0.25, 0.3) is 0 Å². The third kappa shape index (κ3) is 9.65. The Hall–Kier alpha value is -2.29. The van der Waals surface area contributed by atoms with Crippen LogP contribution >= 0.6 is 0 Å². The summed E-state index contributed by atoms with van der Waals surface area (Å²) in [6.07, 6.45) is 1.16. The van der Waals surface area contributed by atoms with Crippen molar-refractivity contribution in [2.75, 3.05) is 33.0 Å². The van der Waals surface area contributed by atoms with E-state index in [9.17, 15) is 14.4 Å². The molecule has 0 radical (unpaired) electrons. The molecule has 0 aliphatic heterocycles. The minimum Gasteiger partial charge on any atom is -0.459 e. The van der Waals surface area contributed by atoms with Crippen molar-refractivity contribution in [3.05, 3.63) is 12.2 Å². The molecule has 2 amide bonds. The van der Waals surface area contributed by atoms with Crippen LogP contribution in [0.3, 0.4) is 0 Å². The zero-order valence-electron chi connectivity index (χ0n) is 17.8. The molecular weight excluding hydrogens is 380 g/mol. The van der Waals surface area contributed by atoms with Crippen molar-refractivity contribution >= 4 is 18.2 Å². The maximum Gasteiger partial charge on any atom is 0.407 e. The highest BCUT2D eigenvalue weighted by molar-refractivity contribution is 5.86. The molecule has 3 N–H and O–H groups in total. The van der Waals surface area contributed by atoms with Gasteiger partial charge in [0, 0.05) is 18.2 Å². The molecule has 0 spiro atoms. The number of aliphatic hydroxyl groups is 1. The normalized spacial score (nSPS) is 22.9. The third-order valence-corrected chi connectivity index (χ3v) is 4.65. The van der Waals surface area contributed by atoms with E-state index in [4.69, 9.17) is 19.3 Å². The van der Waals surface area contributed by atoms with Crippen LogP contribution in [0.15, 0.2) is 12.2 Å². The van der Waals surface area contributed by atoms with E-state index in [1.807, 2.05) is 0 Å². The number of esters is 1. The molecule has 0 bridgehead atoms. The summed E-state index contributed by atoms with van der Waals surface area (Å²) in [5, 5.41) is 14.3. The van der Waals surface area contributed by atoms with E-state index in [0.717, 1.165) is 12.8 Å². The predicted octanol–water partition coefficient (Wildman–Crippen LogP) is 2.14. The first-order valence-corrected chi connectivity index (χ1v) is 9.74. The Bertz CT molecular complexity index is 606. The lowest BCUT2D eigenvalue weighted by atomic mass is 9.62. The van der Waals surface area contributed by atoms with Gasteiger partial charge in [-0.3, -0.25) is 0 Å². The molecule has 29 heavy (non-hydrogen) atoms. The smallest absolute Gasteiger partial charge is 0.407 e. The fourth-order valence-electron chi connectivity index (χ4n) is 3.95. The first kappa shape index (κ1) is 24.7. The van der Waals surface area contributed by atoms with Gasteiger partial charge in [-0.15, -0.1) is 0 Å². The summed E-state index contributed by atoms with van der Waals surface area (Å²) in [5.74, 6) is -0.524. The van der Waals surface area contributed by atoms with Crippen LogP contribution in [0.5, 0.6) is 0 Å². The van der Waals surface area contributed by atoms with E-state index in [1.165, 1.54) is 0 Å². The lowest BCUT2D eigenvalue weighted by molar-refractivity contribution is -0.139. The number of hydrogen-bond acceptors (Lipinski definition) is 7. The number of hydrogen-bond donors (Lipinski definition) is 3. The Kier molecular flexibility index (Phi) is 9.42. The van der Waals surface area contributed by atoms with Crippen molar-refractivity contribution in [1.82, 2.24) is 10.6 Å². The molecule has 166 valence electrons. The van der Waals surface area contributed by atoms with Gasteiger partial charge in [0.05, 0.1) is 6.61 Å². The molecule has 1 rings (SSSR count). The van der Waals surface area contributed by atoms with Crippen LogP contribution in [-0.4, -0.2) is 62.3 Å². The van der Waals surface area contributed by atoms with Crippen LogP contribution in [-0.2, 0) is 19.0 Å². The summed E-state index contributed by atoms with van der Waals surface area (Å²) in [4.78, 5) is 35.0. The average Bonchev–Trinajstić information content (AvgIpc) is 2.59.